The van der Waals surface area contributed by atoms with Gasteiger partial charge >= 0.3 is 0 Å². The van der Waals surface area contributed by atoms with E-state index < -0.39 is 0 Å². The molecule has 2 aliphatic rings. The maximum atomic E-state index is 5.46. The van der Waals surface area contributed by atoms with Crippen LogP contribution in [0.2, 0.25) is 0 Å². The smallest absolute Gasteiger partial charge is 0.191 e. The van der Waals surface area contributed by atoms with E-state index in [1.54, 1.807) is 0 Å². The van der Waals surface area contributed by atoms with Crippen molar-refractivity contribution in [3.05, 3.63) is 42.2 Å². The summed E-state index contributed by atoms with van der Waals surface area (Å²) >= 11 is 0. The second kappa shape index (κ2) is 7.50. The highest BCUT2D eigenvalue weighted by atomic mass is 16.5. The summed E-state index contributed by atoms with van der Waals surface area (Å²) in [7, 11) is 1.81. The van der Waals surface area contributed by atoms with Crippen LogP contribution in [0.25, 0.3) is 11.3 Å². The van der Waals surface area contributed by atoms with Crippen molar-refractivity contribution in [2.45, 2.75) is 38.4 Å². The molecule has 6 nitrogen and oxygen atoms in total. The lowest BCUT2D eigenvalue weighted by Crippen LogP contribution is -2.46. The van der Waals surface area contributed by atoms with Crippen molar-refractivity contribution in [3.63, 3.8) is 0 Å². The minimum atomic E-state index is 0.441. The molecule has 1 aromatic heterocycles. The van der Waals surface area contributed by atoms with Crippen molar-refractivity contribution in [2.24, 2.45) is 10.9 Å². The van der Waals surface area contributed by atoms with Gasteiger partial charge in [0, 0.05) is 43.9 Å². The van der Waals surface area contributed by atoms with E-state index in [4.69, 9.17) is 4.52 Å². The third-order valence-corrected chi connectivity index (χ3v) is 5.31. The highest BCUT2D eigenvalue weighted by Crippen LogP contribution is 2.31. The van der Waals surface area contributed by atoms with E-state index in [9.17, 15) is 0 Å². The molecule has 1 saturated heterocycles. The van der Waals surface area contributed by atoms with Crippen LogP contribution in [0.4, 0.5) is 0 Å². The van der Waals surface area contributed by atoms with Crippen LogP contribution in [0.5, 0.6) is 0 Å². The second-order valence-corrected chi connectivity index (χ2v) is 7.38. The molecule has 0 spiro atoms. The third kappa shape index (κ3) is 3.90. The molecule has 2 atom stereocenters. The molecule has 2 unspecified atom stereocenters. The molecule has 26 heavy (non-hydrogen) atoms. The van der Waals surface area contributed by atoms with Crippen molar-refractivity contribution < 1.29 is 4.52 Å². The fourth-order valence-corrected chi connectivity index (χ4v) is 3.61. The monoisotopic (exact) mass is 353 g/mol. The summed E-state index contributed by atoms with van der Waals surface area (Å²) in [6, 6.07) is 13.3. The largest absolute Gasteiger partial charge is 0.359 e. The van der Waals surface area contributed by atoms with Gasteiger partial charge in [-0.05, 0) is 18.8 Å². The normalized spacial score (nSPS) is 24.0. The Kier molecular flexibility index (Phi) is 4.93. The summed E-state index contributed by atoms with van der Waals surface area (Å²) in [5, 5.41) is 11.1. The Morgan fingerprint density at radius 1 is 1.27 bits per heavy atom. The number of nitrogens with one attached hydrogen (secondary N) is 2. The summed E-state index contributed by atoms with van der Waals surface area (Å²) in [5.74, 6) is 2.24. The minimum Gasteiger partial charge on any atom is -0.359 e. The second-order valence-electron chi connectivity index (χ2n) is 7.38. The maximum Gasteiger partial charge on any atom is 0.191 e. The van der Waals surface area contributed by atoms with Crippen molar-refractivity contribution in [2.75, 3.05) is 20.1 Å². The van der Waals surface area contributed by atoms with Crippen LogP contribution in [-0.2, 0) is 6.54 Å². The molecular formula is C20H27N5O. The number of guanidine groups is 1. The van der Waals surface area contributed by atoms with Gasteiger partial charge in [-0.1, -0.05) is 42.4 Å². The maximum absolute atomic E-state index is 5.46. The molecule has 2 N–H and O–H groups in total. The first-order valence-electron chi connectivity index (χ1n) is 9.45. The molecule has 138 valence electrons. The first-order chi connectivity index (χ1) is 12.7. The lowest BCUT2D eigenvalue weighted by molar-refractivity contribution is 0.315. The van der Waals surface area contributed by atoms with E-state index in [1.165, 1.54) is 19.4 Å². The zero-order valence-corrected chi connectivity index (χ0v) is 15.5. The SMILES string of the molecule is CN=C(NCc1cc(-c2ccccc2)no1)NC1CN(C2CC2)CC1C. The van der Waals surface area contributed by atoms with E-state index in [-0.39, 0.29) is 0 Å². The molecule has 2 fully saturated rings. The summed E-state index contributed by atoms with van der Waals surface area (Å²) in [6.45, 7) is 5.16. The number of likely N-dealkylation sites (tertiary alicyclic amines) is 1. The Bertz CT molecular complexity index is 753. The zero-order chi connectivity index (χ0) is 17.9. The Balaban J connectivity index is 1.31. The number of aromatic nitrogens is 1. The Morgan fingerprint density at radius 2 is 2.08 bits per heavy atom. The average Bonchev–Trinajstić information content (AvgIpc) is 3.30. The van der Waals surface area contributed by atoms with E-state index >= 15 is 0 Å². The Labute approximate surface area is 154 Å². The fourth-order valence-electron chi connectivity index (χ4n) is 3.61. The topological polar surface area (TPSA) is 65.7 Å². The summed E-state index contributed by atoms with van der Waals surface area (Å²) < 4.78 is 5.46. The predicted molar refractivity (Wildman–Crippen MR) is 103 cm³/mol. The molecule has 2 aromatic rings. The fraction of sp³-hybridized carbons (Fsp3) is 0.500. The van der Waals surface area contributed by atoms with Gasteiger partial charge in [-0.3, -0.25) is 9.89 Å². The van der Waals surface area contributed by atoms with Gasteiger partial charge in [0.25, 0.3) is 0 Å². The van der Waals surface area contributed by atoms with Gasteiger partial charge in [-0.15, -0.1) is 0 Å². The van der Waals surface area contributed by atoms with Crippen LogP contribution < -0.4 is 10.6 Å². The summed E-state index contributed by atoms with van der Waals surface area (Å²) in [5.41, 5.74) is 1.92. The first kappa shape index (κ1) is 17.1. The van der Waals surface area contributed by atoms with Crippen molar-refractivity contribution in [1.29, 1.82) is 0 Å². The van der Waals surface area contributed by atoms with Crippen LogP contribution in [0.15, 0.2) is 45.9 Å². The Hall–Kier alpha value is -2.34. The van der Waals surface area contributed by atoms with Crippen molar-refractivity contribution in [1.82, 2.24) is 20.7 Å². The van der Waals surface area contributed by atoms with Crippen LogP contribution >= 0.6 is 0 Å². The molecule has 1 aliphatic heterocycles. The molecule has 1 aliphatic carbocycles. The molecule has 1 saturated carbocycles. The van der Waals surface area contributed by atoms with E-state index in [0.717, 1.165) is 35.6 Å². The quantitative estimate of drug-likeness (QED) is 0.639. The summed E-state index contributed by atoms with van der Waals surface area (Å²) in [4.78, 5) is 6.97. The van der Waals surface area contributed by atoms with Gasteiger partial charge in [0.2, 0.25) is 0 Å². The molecule has 1 aromatic carbocycles. The lowest BCUT2D eigenvalue weighted by Gasteiger charge is -2.20. The molecule has 0 radical (unpaired) electrons. The van der Waals surface area contributed by atoms with Crippen molar-refractivity contribution in [3.8, 4) is 11.3 Å². The first-order valence-corrected chi connectivity index (χ1v) is 9.45. The molecular weight excluding hydrogens is 326 g/mol. The van der Waals surface area contributed by atoms with Gasteiger partial charge in [-0.25, -0.2) is 0 Å². The van der Waals surface area contributed by atoms with E-state index in [2.05, 4.69) is 32.6 Å². The molecule has 2 heterocycles. The van der Waals surface area contributed by atoms with Crippen molar-refractivity contribution >= 4 is 5.96 Å². The van der Waals surface area contributed by atoms with Gasteiger partial charge < -0.3 is 15.2 Å². The van der Waals surface area contributed by atoms with Gasteiger partial charge in [0.05, 0.1) is 6.54 Å². The zero-order valence-electron chi connectivity index (χ0n) is 15.5. The van der Waals surface area contributed by atoms with Crippen LogP contribution in [0.1, 0.15) is 25.5 Å². The van der Waals surface area contributed by atoms with E-state index in [1.807, 2.05) is 43.4 Å². The van der Waals surface area contributed by atoms with Crippen LogP contribution in [-0.4, -0.2) is 48.2 Å². The third-order valence-electron chi connectivity index (χ3n) is 5.31. The minimum absolute atomic E-state index is 0.441. The number of hydrogen-bond donors (Lipinski definition) is 2. The number of aliphatic imine (C=N–C) groups is 1. The predicted octanol–water partition coefficient (Wildman–Crippen LogP) is 2.49. The highest BCUT2D eigenvalue weighted by Gasteiger charge is 2.38. The number of rotatable bonds is 5. The Morgan fingerprint density at radius 3 is 2.81 bits per heavy atom. The number of benzene rings is 1. The van der Waals surface area contributed by atoms with Gasteiger partial charge in [0.15, 0.2) is 11.7 Å². The van der Waals surface area contributed by atoms with Crippen LogP contribution in [0.3, 0.4) is 0 Å². The molecule has 4 rings (SSSR count). The lowest BCUT2D eigenvalue weighted by atomic mass is 10.1. The molecule has 0 bridgehead atoms. The number of nitrogens with zero attached hydrogens (tertiary/aromatic N) is 3. The van der Waals surface area contributed by atoms with Crippen LogP contribution in [0, 0.1) is 5.92 Å². The molecule has 0 amide bonds. The standard InChI is InChI=1S/C20H27N5O/c1-14-12-25(16-8-9-16)13-19(14)23-20(21-2)22-11-17-10-18(24-26-17)15-6-4-3-5-7-15/h3-7,10,14,16,19H,8-9,11-13H2,1-2H3,(H2,21,22,23). The van der Waals surface area contributed by atoms with E-state index in [0.29, 0.717) is 18.5 Å². The van der Waals surface area contributed by atoms with Gasteiger partial charge in [0.1, 0.15) is 5.69 Å². The highest BCUT2D eigenvalue weighted by molar-refractivity contribution is 5.80. The molecule has 6 heteroatoms. The van der Waals surface area contributed by atoms with Gasteiger partial charge in [-0.2, -0.15) is 0 Å². The number of hydrogen-bond acceptors (Lipinski definition) is 4. The summed E-state index contributed by atoms with van der Waals surface area (Å²) in [6.07, 6.45) is 2.73. The average molecular weight is 353 g/mol.